The molecule has 1 rings (SSSR count). The van der Waals surface area contributed by atoms with Crippen LogP contribution in [0.4, 0.5) is 0 Å². The summed E-state index contributed by atoms with van der Waals surface area (Å²) in [4.78, 5) is 11.4. The van der Waals surface area contributed by atoms with Crippen LogP contribution in [0, 0.1) is 0 Å². The summed E-state index contributed by atoms with van der Waals surface area (Å²) in [5.41, 5.74) is 6.25. The molecule has 1 aromatic rings. The van der Waals surface area contributed by atoms with Gasteiger partial charge in [-0.2, -0.15) is 0 Å². The maximum absolute atomic E-state index is 11.4. The van der Waals surface area contributed by atoms with Gasteiger partial charge in [-0.3, -0.25) is 0 Å². The fourth-order valence-electron chi connectivity index (χ4n) is 1.25. The van der Waals surface area contributed by atoms with Gasteiger partial charge in [0.15, 0.2) is 0 Å². The van der Waals surface area contributed by atoms with Gasteiger partial charge in [0.1, 0.15) is 11.8 Å². The lowest BCUT2D eigenvalue weighted by Crippen LogP contribution is -2.24. The van der Waals surface area contributed by atoms with Gasteiger partial charge in [0.25, 0.3) is 0 Å². The number of rotatable bonds is 4. The van der Waals surface area contributed by atoms with Crippen LogP contribution in [-0.4, -0.2) is 19.7 Å². The number of ether oxygens (including phenoxy) is 2. The van der Waals surface area contributed by atoms with Gasteiger partial charge in [-0.05, 0) is 24.6 Å². The van der Waals surface area contributed by atoms with Crippen molar-refractivity contribution in [1.82, 2.24) is 0 Å². The molecule has 0 aliphatic heterocycles. The molecular formula is C11H14ClNO3. The van der Waals surface area contributed by atoms with E-state index in [2.05, 4.69) is 0 Å². The fourth-order valence-corrected chi connectivity index (χ4v) is 1.53. The number of hydrogen-bond donors (Lipinski definition) is 1. The van der Waals surface area contributed by atoms with Crippen molar-refractivity contribution in [2.75, 3.05) is 13.7 Å². The summed E-state index contributed by atoms with van der Waals surface area (Å²) in [6.45, 7) is 2.01. The number of esters is 1. The number of halogens is 1. The first-order chi connectivity index (χ1) is 7.60. The quantitative estimate of drug-likeness (QED) is 0.821. The average molecular weight is 244 g/mol. The molecule has 0 amide bonds. The van der Waals surface area contributed by atoms with Gasteiger partial charge in [0, 0.05) is 5.02 Å². The Morgan fingerprint density at radius 3 is 2.75 bits per heavy atom. The molecule has 0 saturated carbocycles. The van der Waals surface area contributed by atoms with Crippen LogP contribution in [0.5, 0.6) is 5.75 Å². The van der Waals surface area contributed by atoms with E-state index in [1.54, 1.807) is 25.1 Å². The predicted octanol–water partition coefficient (Wildman–Crippen LogP) is 1.91. The zero-order chi connectivity index (χ0) is 12.1. The summed E-state index contributed by atoms with van der Waals surface area (Å²) < 4.78 is 9.81. The Hall–Kier alpha value is -1.26. The summed E-state index contributed by atoms with van der Waals surface area (Å²) in [6, 6.07) is 4.09. The van der Waals surface area contributed by atoms with Crippen LogP contribution < -0.4 is 10.5 Å². The summed E-state index contributed by atoms with van der Waals surface area (Å²) in [5, 5.41) is 0.389. The van der Waals surface area contributed by atoms with E-state index in [0.29, 0.717) is 22.9 Å². The van der Waals surface area contributed by atoms with Crippen molar-refractivity contribution < 1.29 is 14.3 Å². The topological polar surface area (TPSA) is 61.5 Å². The molecule has 1 atom stereocenters. The zero-order valence-electron chi connectivity index (χ0n) is 9.20. The van der Waals surface area contributed by atoms with Gasteiger partial charge in [-0.25, -0.2) is 4.79 Å². The Morgan fingerprint density at radius 2 is 2.25 bits per heavy atom. The number of benzene rings is 1. The minimum atomic E-state index is -0.863. The molecule has 0 aliphatic carbocycles. The molecule has 0 heterocycles. The normalized spacial score (nSPS) is 12.0. The van der Waals surface area contributed by atoms with Crippen molar-refractivity contribution in [2.45, 2.75) is 13.0 Å². The molecule has 0 aliphatic rings. The van der Waals surface area contributed by atoms with Crippen molar-refractivity contribution in [1.29, 1.82) is 0 Å². The van der Waals surface area contributed by atoms with E-state index in [9.17, 15) is 4.79 Å². The first-order valence-electron chi connectivity index (χ1n) is 4.85. The predicted molar refractivity (Wildman–Crippen MR) is 61.6 cm³/mol. The van der Waals surface area contributed by atoms with Crippen LogP contribution in [0.2, 0.25) is 5.02 Å². The monoisotopic (exact) mass is 243 g/mol. The van der Waals surface area contributed by atoms with E-state index in [1.165, 1.54) is 7.11 Å². The number of hydrogen-bond acceptors (Lipinski definition) is 4. The second-order valence-electron chi connectivity index (χ2n) is 3.12. The van der Waals surface area contributed by atoms with Crippen molar-refractivity contribution in [3.8, 4) is 5.75 Å². The smallest absolute Gasteiger partial charge is 0.327 e. The Labute approximate surface area is 99.3 Å². The number of carbonyl (C=O) groups excluding carboxylic acids is 1. The maximum Gasteiger partial charge on any atom is 0.327 e. The second kappa shape index (κ2) is 5.72. The van der Waals surface area contributed by atoms with E-state index in [0.717, 1.165) is 0 Å². The summed E-state index contributed by atoms with van der Waals surface area (Å²) in [7, 11) is 1.54. The van der Waals surface area contributed by atoms with Crippen LogP contribution in [0.25, 0.3) is 0 Å². The van der Waals surface area contributed by atoms with E-state index < -0.39 is 12.0 Å². The third kappa shape index (κ3) is 2.87. The molecule has 0 aromatic heterocycles. The summed E-state index contributed by atoms with van der Waals surface area (Å²) >= 11 is 5.98. The highest BCUT2D eigenvalue weighted by Crippen LogP contribution is 2.26. The van der Waals surface area contributed by atoms with Crippen LogP contribution in [0.3, 0.4) is 0 Å². The summed E-state index contributed by atoms with van der Waals surface area (Å²) in [5.74, 6) is 0.124. The highest BCUT2D eigenvalue weighted by Gasteiger charge is 2.19. The standard InChI is InChI=1S/C11H14ClNO3/c1-3-16-11(14)10(13)8-5-4-7(15-2)6-9(8)12/h4-6,10H,3,13H2,1-2H3. The Balaban J connectivity index is 2.91. The van der Waals surface area contributed by atoms with E-state index in [-0.39, 0.29) is 0 Å². The molecule has 0 bridgehead atoms. The molecule has 0 spiro atoms. The van der Waals surface area contributed by atoms with Crippen molar-refractivity contribution in [3.05, 3.63) is 28.8 Å². The third-order valence-electron chi connectivity index (χ3n) is 2.08. The molecular weight excluding hydrogens is 230 g/mol. The molecule has 88 valence electrons. The maximum atomic E-state index is 11.4. The number of nitrogens with two attached hydrogens (primary N) is 1. The molecule has 16 heavy (non-hydrogen) atoms. The lowest BCUT2D eigenvalue weighted by molar-refractivity contribution is -0.144. The van der Waals surface area contributed by atoms with E-state index in [4.69, 9.17) is 26.8 Å². The lowest BCUT2D eigenvalue weighted by Gasteiger charge is -2.13. The van der Waals surface area contributed by atoms with Gasteiger partial charge in [0.05, 0.1) is 13.7 Å². The fraction of sp³-hybridized carbons (Fsp3) is 0.364. The van der Waals surface area contributed by atoms with Crippen molar-refractivity contribution in [2.24, 2.45) is 5.73 Å². The Morgan fingerprint density at radius 1 is 1.56 bits per heavy atom. The van der Waals surface area contributed by atoms with Crippen LogP contribution >= 0.6 is 11.6 Å². The zero-order valence-corrected chi connectivity index (χ0v) is 9.95. The molecule has 0 fully saturated rings. The first-order valence-corrected chi connectivity index (χ1v) is 5.23. The van der Waals surface area contributed by atoms with Gasteiger partial charge < -0.3 is 15.2 Å². The van der Waals surface area contributed by atoms with Crippen molar-refractivity contribution in [3.63, 3.8) is 0 Å². The van der Waals surface area contributed by atoms with Crippen LogP contribution in [-0.2, 0) is 9.53 Å². The molecule has 2 N–H and O–H groups in total. The SMILES string of the molecule is CCOC(=O)C(N)c1ccc(OC)cc1Cl. The summed E-state index contributed by atoms with van der Waals surface area (Å²) in [6.07, 6.45) is 0. The van der Waals surface area contributed by atoms with Gasteiger partial charge in [-0.15, -0.1) is 0 Å². The first kappa shape index (κ1) is 12.8. The average Bonchev–Trinajstić information content (AvgIpc) is 2.28. The highest BCUT2D eigenvalue weighted by atomic mass is 35.5. The molecule has 0 radical (unpaired) electrons. The lowest BCUT2D eigenvalue weighted by atomic mass is 10.1. The Bertz CT molecular complexity index is 381. The van der Waals surface area contributed by atoms with Crippen LogP contribution in [0.1, 0.15) is 18.5 Å². The Kier molecular flexibility index (Phi) is 4.58. The molecule has 1 aromatic carbocycles. The number of carbonyl (C=O) groups is 1. The largest absolute Gasteiger partial charge is 0.497 e. The number of methoxy groups -OCH3 is 1. The van der Waals surface area contributed by atoms with Gasteiger partial charge in [-0.1, -0.05) is 17.7 Å². The minimum Gasteiger partial charge on any atom is -0.497 e. The van der Waals surface area contributed by atoms with E-state index in [1.807, 2.05) is 0 Å². The van der Waals surface area contributed by atoms with Crippen LogP contribution in [0.15, 0.2) is 18.2 Å². The van der Waals surface area contributed by atoms with Gasteiger partial charge in [0.2, 0.25) is 0 Å². The molecule has 5 heteroatoms. The van der Waals surface area contributed by atoms with Crippen molar-refractivity contribution >= 4 is 17.6 Å². The van der Waals surface area contributed by atoms with Gasteiger partial charge >= 0.3 is 5.97 Å². The molecule has 4 nitrogen and oxygen atoms in total. The third-order valence-corrected chi connectivity index (χ3v) is 2.41. The van der Waals surface area contributed by atoms with E-state index >= 15 is 0 Å². The molecule has 0 saturated heterocycles. The molecule has 1 unspecified atom stereocenters. The highest BCUT2D eigenvalue weighted by molar-refractivity contribution is 6.31. The minimum absolute atomic E-state index is 0.292. The second-order valence-corrected chi connectivity index (χ2v) is 3.52.